The van der Waals surface area contributed by atoms with E-state index in [1.54, 1.807) is 11.3 Å². The Balaban J connectivity index is 1.32. The molecule has 1 fully saturated rings. The molecule has 0 N–H and O–H groups in total. The number of benzene rings is 4. The molecule has 0 radical (unpaired) electrons. The Kier molecular flexibility index (Phi) is 7.76. The third kappa shape index (κ3) is 5.35. The molecule has 0 bridgehead atoms. The van der Waals surface area contributed by atoms with Crippen molar-refractivity contribution in [3.05, 3.63) is 101 Å². The fourth-order valence-corrected chi connectivity index (χ4v) is 8.30. The fourth-order valence-electron chi connectivity index (χ4n) is 7.64. The van der Waals surface area contributed by atoms with E-state index in [1.165, 1.54) is 125 Å². The van der Waals surface area contributed by atoms with Crippen LogP contribution in [0, 0.1) is 0 Å². The van der Waals surface area contributed by atoms with E-state index in [9.17, 15) is 0 Å². The molecule has 2 aliphatic carbocycles. The van der Waals surface area contributed by atoms with Gasteiger partial charge in [0.05, 0.1) is 15.7 Å². The van der Waals surface area contributed by atoms with Gasteiger partial charge in [0.15, 0.2) is 0 Å². The van der Waals surface area contributed by atoms with Crippen LogP contribution in [0.4, 0.5) is 0 Å². The van der Waals surface area contributed by atoms with Crippen molar-refractivity contribution in [3.63, 3.8) is 0 Å². The molecule has 1 heterocycles. The van der Waals surface area contributed by atoms with Gasteiger partial charge < -0.3 is 0 Å². The van der Waals surface area contributed by atoms with Crippen LogP contribution in [0.25, 0.3) is 43.6 Å². The Hall–Kier alpha value is -3.23. The van der Waals surface area contributed by atoms with Gasteiger partial charge in [-0.1, -0.05) is 126 Å². The van der Waals surface area contributed by atoms with Gasteiger partial charge in [0.1, 0.15) is 0 Å². The van der Waals surface area contributed by atoms with Crippen molar-refractivity contribution in [3.8, 4) is 33.4 Å². The summed E-state index contributed by atoms with van der Waals surface area (Å²) in [5.74, 6) is 0.626. The number of thiazole rings is 1. The standard InChI is InChI=1S/C40H43NS/c1-40(2)36-17-13-12-16-34(36)35-20-18-29(25-37(35)40)32-22-31(28-14-10-8-6-4-3-5-7-9-11-15-28)23-33(24-32)30-19-21-39-38(26-30)41-27-42-39/h12-13,16-28H,3-11,14-15H2,1-2H3. The average Bonchev–Trinajstić information content (AvgIpc) is 3.57. The molecule has 0 amide bonds. The van der Waals surface area contributed by atoms with Crippen LogP contribution in [0.3, 0.4) is 0 Å². The van der Waals surface area contributed by atoms with E-state index >= 15 is 0 Å². The predicted octanol–water partition coefficient (Wildman–Crippen LogP) is 12.3. The van der Waals surface area contributed by atoms with E-state index in [4.69, 9.17) is 0 Å². The van der Waals surface area contributed by atoms with Crippen LogP contribution in [0.2, 0.25) is 0 Å². The van der Waals surface area contributed by atoms with Gasteiger partial charge in [0, 0.05) is 5.41 Å². The topological polar surface area (TPSA) is 12.9 Å². The lowest BCUT2D eigenvalue weighted by atomic mass is 9.81. The van der Waals surface area contributed by atoms with Crippen molar-refractivity contribution >= 4 is 21.6 Å². The molecule has 0 aliphatic heterocycles. The first kappa shape index (κ1) is 27.6. The number of nitrogens with zero attached hydrogens (tertiary/aromatic N) is 1. The summed E-state index contributed by atoms with van der Waals surface area (Å²) < 4.78 is 1.26. The van der Waals surface area contributed by atoms with Crippen LogP contribution in [-0.2, 0) is 5.41 Å². The molecule has 0 spiro atoms. The van der Waals surface area contributed by atoms with Crippen LogP contribution in [0.5, 0.6) is 0 Å². The maximum Gasteiger partial charge on any atom is 0.0818 e. The molecule has 1 nitrogen and oxygen atoms in total. The normalized spacial score (nSPS) is 17.8. The quantitative estimate of drug-likeness (QED) is 0.211. The highest BCUT2D eigenvalue weighted by atomic mass is 32.1. The highest BCUT2D eigenvalue weighted by molar-refractivity contribution is 7.16. The Morgan fingerprint density at radius 2 is 1.21 bits per heavy atom. The molecule has 0 saturated heterocycles. The molecule has 2 heteroatoms. The molecular formula is C40H43NS. The summed E-state index contributed by atoms with van der Waals surface area (Å²) in [6.07, 6.45) is 15.1. The second-order valence-electron chi connectivity index (χ2n) is 13.3. The Bertz CT molecular complexity index is 1690. The highest BCUT2D eigenvalue weighted by Gasteiger charge is 2.35. The van der Waals surface area contributed by atoms with Crippen LogP contribution in [0.15, 0.2) is 84.4 Å². The zero-order valence-corrected chi connectivity index (χ0v) is 26.1. The molecule has 42 heavy (non-hydrogen) atoms. The summed E-state index contributed by atoms with van der Waals surface area (Å²) in [7, 11) is 0. The zero-order valence-electron chi connectivity index (χ0n) is 25.3. The summed E-state index contributed by atoms with van der Waals surface area (Å²) in [5.41, 5.74) is 15.6. The monoisotopic (exact) mass is 569 g/mol. The second-order valence-corrected chi connectivity index (χ2v) is 14.2. The van der Waals surface area contributed by atoms with Crippen molar-refractivity contribution in [1.82, 2.24) is 4.98 Å². The molecule has 1 saturated carbocycles. The van der Waals surface area contributed by atoms with Gasteiger partial charge in [-0.05, 0) is 93.1 Å². The summed E-state index contributed by atoms with van der Waals surface area (Å²) in [6, 6.07) is 30.5. The predicted molar refractivity (Wildman–Crippen MR) is 182 cm³/mol. The molecule has 2 aliphatic rings. The summed E-state index contributed by atoms with van der Waals surface area (Å²) in [4.78, 5) is 4.65. The summed E-state index contributed by atoms with van der Waals surface area (Å²) >= 11 is 1.72. The number of rotatable bonds is 3. The minimum absolute atomic E-state index is 0.00551. The first-order valence-electron chi connectivity index (χ1n) is 16.3. The van der Waals surface area contributed by atoms with Crippen LogP contribution in [0.1, 0.15) is 107 Å². The Morgan fingerprint density at radius 1 is 0.595 bits per heavy atom. The maximum absolute atomic E-state index is 4.65. The fraction of sp³-hybridized carbons (Fsp3) is 0.375. The van der Waals surface area contributed by atoms with Gasteiger partial charge in [0.25, 0.3) is 0 Å². The third-order valence-corrected chi connectivity index (χ3v) is 10.9. The maximum atomic E-state index is 4.65. The SMILES string of the molecule is CC1(C)c2ccccc2-c2ccc(-c3cc(-c4ccc5scnc5c4)cc(C4CCCCCCCCCCC4)c3)cc21. The van der Waals surface area contributed by atoms with Gasteiger partial charge >= 0.3 is 0 Å². The molecule has 5 aromatic rings. The van der Waals surface area contributed by atoms with E-state index < -0.39 is 0 Å². The molecule has 1 aromatic heterocycles. The van der Waals surface area contributed by atoms with Crippen molar-refractivity contribution in [2.45, 2.75) is 95.8 Å². The number of hydrogen-bond donors (Lipinski definition) is 0. The summed E-state index contributed by atoms with van der Waals surface area (Å²) in [5, 5.41) is 0. The highest BCUT2D eigenvalue weighted by Crippen LogP contribution is 2.49. The van der Waals surface area contributed by atoms with Gasteiger partial charge in [-0.2, -0.15) is 0 Å². The number of fused-ring (bicyclic) bond motifs is 4. The van der Waals surface area contributed by atoms with Crippen LogP contribution >= 0.6 is 11.3 Å². The van der Waals surface area contributed by atoms with E-state index in [-0.39, 0.29) is 5.41 Å². The molecule has 7 rings (SSSR count). The van der Waals surface area contributed by atoms with E-state index in [1.807, 2.05) is 5.51 Å². The molecule has 214 valence electrons. The minimum Gasteiger partial charge on any atom is -0.245 e. The van der Waals surface area contributed by atoms with Crippen LogP contribution < -0.4 is 0 Å². The Morgan fingerprint density at radius 3 is 1.95 bits per heavy atom. The zero-order chi connectivity index (χ0) is 28.5. The average molecular weight is 570 g/mol. The molecule has 4 aromatic carbocycles. The Labute approximate surface area is 256 Å². The van der Waals surface area contributed by atoms with Gasteiger partial charge in [-0.3, -0.25) is 0 Å². The smallest absolute Gasteiger partial charge is 0.0818 e. The van der Waals surface area contributed by atoms with E-state index in [0.29, 0.717) is 5.92 Å². The lowest BCUT2D eigenvalue weighted by Crippen LogP contribution is -2.14. The van der Waals surface area contributed by atoms with Crippen molar-refractivity contribution < 1.29 is 0 Å². The first-order chi connectivity index (χ1) is 20.6. The number of aromatic nitrogens is 1. The minimum atomic E-state index is 0.00551. The second kappa shape index (κ2) is 11.8. The summed E-state index contributed by atoms with van der Waals surface area (Å²) in [6.45, 7) is 4.77. The van der Waals surface area contributed by atoms with E-state index in [2.05, 4.69) is 97.7 Å². The van der Waals surface area contributed by atoms with Crippen molar-refractivity contribution in [1.29, 1.82) is 0 Å². The van der Waals surface area contributed by atoms with Crippen molar-refractivity contribution in [2.24, 2.45) is 0 Å². The third-order valence-electron chi connectivity index (χ3n) is 10.1. The molecule has 0 unspecified atom stereocenters. The van der Waals surface area contributed by atoms with Gasteiger partial charge in [-0.15, -0.1) is 11.3 Å². The van der Waals surface area contributed by atoms with Crippen molar-refractivity contribution in [2.75, 3.05) is 0 Å². The van der Waals surface area contributed by atoms with Crippen LogP contribution in [-0.4, -0.2) is 4.98 Å². The molecule has 0 atom stereocenters. The number of hydrogen-bond acceptors (Lipinski definition) is 2. The largest absolute Gasteiger partial charge is 0.245 e. The van der Waals surface area contributed by atoms with Gasteiger partial charge in [0.2, 0.25) is 0 Å². The lowest BCUT2D eigenvalue weighted by Gasteiger charge is -2.23. The lowest BCUT2D eigenvalue weighted by molar-refractivity contribution is 0.467. The van der Waals surface area contributed by atoms with E-state index in [0.717, 1.165) is 5.52 Å². The molecular weight excluding hydrogens is 527 g/mol. The first-order valence-corrected chi connectivity index (χ1v) is 17.2. The van der Waals surface area contributed by atoms with Gasteiger partial charge in [-0.25, -0.2) is 4.98 Å².